The summed E-state index contributed by atoms with van der Waals surface area (Å²) < 4.78 is 25.0. The number of rotatable bonds is 8. The van der Waals surface area contributed by atoms with E-state index in [9.17, 15) is 9.18 Å². The fourth-order valence-electron chi connectivity index (χ4n) is 2.83. The van der Waals surface area contributed by atoms with Gasteiger partial charge in [-0.3, -0.25) is 9.78 Å². The number of nitrogens with one attached hydrogen (secondary N) is 1. The number of hydrogen-bond donors (Lipinski definition) is 1. The fraction of sp³-hybridized carbons (Fsp3) is 0.200. The molecule has 0 aliphatic rings. The van der Waals surface area contributed by atoms with Gasteiger partial charge in [-0.1, -0.05) is 11.6 Å². The quantitative estimate of drug-likeness (QED) is 0.343. The first-order valence-electron chi connectivity index (χ1n) is 8.54. The van der Waals surface area contributed by atoms with Crippen LogP contribution in [0.4, 0.5) is 15.8 Å². The third kappa shape index (κ3) is 4.72. The second kappa shape index (κ2) is 9.21. The summed E-state index contributed by atoms with van der Waals surface area (Å²) in [4.78, 5) is 15.0. The average molecular weight is 468 g/mol. The van der Waals surface area contributed by atoms with Gasteiger partial charge in [-0.05, 0) is 52.7 Å². The molecule has 0 fully saturated rings. The van der Waals surface area contributed by atoms with Crippen LogP contribution in [0.1, 0.15) is 12.5 Å². The molecule has 1 heterocycles. The zero-order chi connectivity index (χ0) is 20.1. The molecule has 0 saturated carbocycles. The van der Waals surface area contributed by atoms with Crippen molar-refractivity contribution in [1.82, 2.24) is 4.98 Å². The normalized spacial score (nSPS) is 10.7. The Kier molecular flexibility index (Phi) is 6.70. The van der Waals surface area contributed by atoms with Gasteiger partial charge in [0.2, 0.25) is 0 Å². The van der Waals surface area contributed by atoms with Gasteiger partial charge in [0.15, 0.2) is 0 Å². The van der Waals surface area contributed by atoms with Crippen molar-refractivity contribution in [3.05, 3.63) is 57.4 Å². The molecule has 8 heteroatoms. The lowest BCUT2D eigenvalue weighted by Gasteiger charge is -2.16. The number of fused-ring (bicyclic) bond motifs is 1. The van der Waals surface area contributed by atoms with Crippen LogP contribution in [-0.4, -0.2) is 24.7 Å². The van der Waals surface area contributed by atoms with Crippen LogP contribution < -0.4 is 10.1 Å². The Morgan fingerprint density at radius 2 is 2.11 bits per heavy atom. The number of anilines is 2. The van der Waals surface area contributed by atoms with Crippen LogP contribution >= 0.6 is 27.5 Å². The first kappa shape index (κ1) is 20.4. The second-order valence-electron chi connectivity index (χ2n) is 5.89. The van der Waals surface area contributed by atoms with Gasteiger partial charge >= 0.3 is 0 Å². The number of carbonyl (C=O) groups is 1. The Hall–Kier alpha value is -2.38. The standard InChI is InChI=1S/C20H17BrClFN2O3/c1-2-28-19-9-18-16(8-17(19)21)20(12(10-24-18)3-4-27-11-26)25-15-6-13(22)5-14(23)7-15/h5-11H,2-4H2,1H3,(H,24,25). The van der Waals surface area contributed by atoms with Gasteiger partial charge in [-0.15, -0.1) is 0 Å². The SMILES string of the molecule is CCOc1cc2ncc(CCOC=O)c(Nc3cc(F)cc(Cl)c3)c2cc1Br. The van der Waals surface area contributed by atoms with Crippen molar-refractivity contribution in [3.63, 3.8) is 0 Å². The number of aromatic nitrogens is 1. The number of hydrogen-bond acceptors (Lipinski definition) is 5. The highest BCUT2D eigenvalue weighted by Crippen LogP contribution is 2.36. The summed E-state index contributed by atoms with van der Waals surface area (Å²) in [5, 5.41) is 4.32. The molecule has 0 bridgehead atoms. The summed E-state index contributed by atoms with van der Waals surface area (Å²) in [7, 11) is 0. The molecule has 2 aromatic carbocycles. The van der Waals surface area contributed by atoms with Gasteiger partial charge in [0.1, 0.15) is 11.6 Å². The van der Waals surface area contributed by atoms with Crippen molar-refractivity contribution in [2.75, 3.05) is 18.5 Å². The molecule has 1 aromatic heterocycles. The first-order chi connectivity index (χ1) is 13.5. The zero-order valence-electron chi connectivity index (χ0n) is 15.0. The molecule has 5 nitrogen and oxygen atoms in total. The van der Waals surface area contributed by atoms with Crippen molar-refractivity contribution in [3.8, 4) is 5.75 Å². The van der Waals surface area contributed by atoms with Gasteiger partial charge in [-0.25, -0.2) is 4.39 Å². The summed E-state index contributed by atoms with van der Waals surface area (Å²) in [5.41, 5.74) is 2.74. The Bertz CT molecular complexity index is 996. The van der Waals surface area contributed by atoms with Crippen LogP contribution in [0.15, 0.2) is 41.0 Å². The Morgan fingerprint density at radius 3 is 2.82 bits per heavy atom. The van der Waals surface area contributed by atoms with Crippen molar-refractivity contribution in [1.29, 1.82) is 0 Å². The minimum atomic E-state index is -0.445. The largest absolute Gasteiger partial charge is 0.493 e. The van der Waals surface area contributed by atoms with Gasteiger partial charge in [-0.2, -0.15) is 0 Å². The molecule has 0 amide bonds. The van der Waals surface area contributed by atoms with Gasteiger partial charge in [0, 0.05) is 34.8 Å². The van der Waals surface area contributed by atoms with Crippen molar-refractivity contribution < 1.29 is 18.7 Å². The molecule has 0 radical (unpaired) electrons. The van der Waals surface area contributed by atoms with E-state index >= 15 is 0 Å². The molecule has 3 rings (SSSR count). The van der Waals surface area contributed by atoms with Crippen molar-refractivity contribution in [2.45, 2.75) is 13.3 Å². The molecule has 0 saturated heterocycles. The molecule has 0 spiro atoms. The maximum atomic E-state index is 13.8. The molecule has 0 aliphatic heterocycles. The van der Waals surface area contributed by atoms with Crippen LogP contribution in [-0.2, 0) is 16.0 Å². The molecule has 146 valence electrons. The van der Waals surface area contributed by atoms with Crippen LogP contribution in [0.3, 0.4) is 0 Å². The predicted molar refractivity (Wildman–Crippen MR) is 111 cm³/mol. The number of carbonyl (C=O) groups excluding carboxylic acids is 1. The fourth-order valence-corrected chi connectivity index (χ4v) is 3.50. The molecule has 28 heavy (non-hydrogen) atoms. The van der Waals surface area contributed by atoms with Gasteiger partial charge in [0.05, 0.1) is 28.9 Å². The number of nitrogens with zero attached hydrogens (tertiary/aromatic N) is 1. The molecule has 3 aromatic rings. The van der Waals surface area contributed by atoms with Gasteiger partial charge < -0.3 is 14.8 Å². The van der Waals surface area contributed by atoms with E-state index in [4.69, 9.17) is 21.1 Å². The van der Waals surface area contributed by atoms with Crippen LogP contribution in [0, 0.1) is 5.82 Å². The summed E-state index contributed by atoms with van der Waals surface area (Å²) in [6, 6.07) is 7.94. The lowest BCUT2D eigenvalue weighted by molar-refractivity contribution is -0.128. The van der Waals surface area contributed by atoms with E-state index in [1.54, 1.807) is 12.3 Å². The lowest BCUT2D eigenvalue weighted by atomic mass is 10.1. The minimum Gasteiger partial charge on any atom is -0.493 e. The number of benzene rings is 2. The smallest absolute Gasteiger partial charge is 0.293 e. The average Bonchev–Trinajstić information content (AvgIpc) is 2.64. The summed E-state index contributed by atoms with van der Waals surface area (Å²) in [5.74, 6) is 0.235. The Balaban J connectivity index is 2.11. The zero-order valence-corrected chi connectivity index (χ0v) is 17.3. The summed E-state index contributed by atoms with van der Waals surface area (Å²) >= 11 is 9.50. The Labute approximate surface area is 174 Å². The van der Waals surface area contributed by atoms with Crippen LogP contribution in [0.2, 0.25) is 5.02 Å². The van der Waals surface area contributed by atoms with Crippen molar-refractivity contribution >= 4 is 56.3 Å². The lowest BCUT2D eigenvalue weighted by Crippen LogP contribution is -2.04. The number of ether oxygens (including phenoxy) is 2. The molecule has 0 unspecified atom stereocenters. The predicted octanol–water partition coefficient (Wildman–Crippen LogP) is 5.65. The monoisotopic (exact) mass is 466 g/mol. The maximum Gasteiger partial charge on any atom is 0.293 e. The topological polar surface area (TPSA) is 60.5 Å². The molecule has 0 aliphatic carbocycles. The van der Waals surface area contributed by atoms with E-state index in [-0.39, 0.29) is 11.6 Å². The molecule has 0 atom stereocenters. The molecular formula is C20H17BrClFN2O3. The second-order valence-corrected chi connectivity index (χ2v) is 7.18. The summed E-state index contributed by atoms with van der Waals surface area (Å²) in [6.07, 6.45) is 2.14. The highest BCUT2D eigenvalue weighted by Gasteiger charge is 2.14. The third-order valence-electron chi connectivity index (χ3n) is 3.99. The van der Waals surface area contributed by atoms with E-state index in [0.717, 1.165) is 21.1 Å². The highest BCUT2D eigenvalue weighted by atomic mass is 79.9. The minimum absolute atomic E-state index is 0.202. The Morgan fingerprint density at radius 1 is 1.29 bits per heavy atom. The number of halogens is 3. The number of pyridine rings is 1. The van der Waals surface area contributed by atoms with Crippen molar-refractivity contribution in [2.24, 2.45) is 0 Å². The highest BCUT2D eigenvalue weighted by molar-refractivity contribution is 9.10. The van der Waals surface area contributed by atoms with E-state index < -0.39 is 5.82 Å². The molecule has 1 N–H and O–H groups in total. The maximum absolute atomic E-state index is 13.8. The first-order valence-corrected chi connectivity index (χ1v) is 9.71. The third-order valence-corrected chi connectivity index (χ3v) is 4.83. The van der Waals surface area contributed by atoms with Gasteiger partial charge in [0.25, 0.3) is 6.47 Å². The summed E-state index contributed by atoms with van der Waals surface area (Å²) in [6.45, 7) is 3.03. The van der Waals surface area contributed by atoms with E-state index in [0.29, 0.717) is 36.5 Å². The van der Waals surface area contributed by atoms with E-state index in [2.05, 4.69) is 26.2 Å². The van der Waals surface area contributed by atoms with E-state index in [1.807, 2.05) is 19.1 Å². The van der Waals surface area contributed by atoms with E-state index in [1.165, 1.54) is 12.1 Å². The molecular weight excluding hydrogens is 451 g/mol. The van der Waals surface area contributed by atoms with Crippen LogP contribution in [0.25, 0.3) is 10.9 Å². The van der Waals surface area contributed by atoms with Crippen LogP contribution in [0.5, 0.6) is 5.75 Å².